The van der Waals surface area contributed by atoms with Crippen LogP contribution in [0, 0.1) is 5.92 Å². The quantitative estimate of drug-likeness (QED) is 0.735. The molecule has 18 heavy (non-hydrogen) atoms. The lowest BCUT2D eigenvalue weighted by Crippen LogP contribution is -2.61. The van der Waals surface area contributed by atoms with E-state index in [1.54, 1.807) is 0 Å². The van der Waals surface area contributed by atoms with Gasteiger partial charge in [0.05, 0.1) is 0 Å². The molecule has 2 saturated heterocycles. The summed E-state index contributed by atoms with van der Waals surface area (Å²) in [5.74, 6) is 1.13. The van der Waals surface area contributed by atoms with Gasteiger partial charge in [0.25, 0.3) is 0 Å². The molecule has 2 heterocycles. The van der Waals surface area contributed by atoms with Crippen molar-refractivity contribution in [3.8, 4) is 0 Å². The van der Waals surface area contributed by atoms with Gasteiger partial charge in [-0.25, -0.2) is 0 Å². The summed E-state index contributed by atoms with van der Waals surface area (Å²) in [4.78, 5) is 16.6. The fourth-order valence-electron chi connectivity index (χ4n) is 3.30. The van der Waals surface area contributed by atoms with Crippen molar-refractivity contribution in [2.24, 2.45) is 5.92 Å². The number of amides is 1. The Morgan fingerprint density at radius 3 is 2.72 bits per heavy atom. The van der Waals surface area contributed by atoms with Crippen molar-refractivity contribution in [3.05, 3.63) is 0 Å². The largest absolute Gasteiger partial charge is 0.372 e. The first-order chi connectivity index (χ1) is 8.73. The maximum Gasteiger partial charge on any atom is 0.248 e. The molecule has 3 rings (SSSR count). The molecule has 4 nitrogen and oxygen atoms in total. The van der Waals surface area contributed by atoms with Crippen LogP contribution < -0.4 is 0 Å². The normalized spacial score (nSPS) is 31.9. The summed E-state index contributed by atoms with van der Waals surface area (Å²) in [6.45, 7) is 7.19. The number of rotatable bonds is 5. The van der Waals surface area contributed by atoms with Gasteiger partial charge in [0.1, 0.15) is 6.61 Å². The topological polar surface area (TPSA) is 32.8 Å². The molecule has 1 spiro atoms. The Morgan fingerprint density at radius 1 is 1.33 bits per heavy atom. The molecule has 0 radical (unpaired) electrons. The minimum Gasteiger partial charge on any atom is -0.372 e. The average Bonchev–Trinajstić information content (AvgIpc) is 3.07. The Bertz CT molecular complexity index is 330. The van der Waals surface area contributed by atoms with E-state index >= 15 is 0 Å². The molecule has 3 aliphatic rings. The molecule has 0 aromatic carbocycles. The Kier molecular flexibility index (Phi) is 3.32. The molecule has 0 aromatic rings. The van der Waals surface area contributed by atoms with E-state index in [0.29, 0.717) is 12.1 Å². The molecule has 1 saturated carbocycles. The van der Waals surface area contributed by atoms with E-state index < -0.39 is 0 Å². The smallest absolute Gasteiger partial charge is 0.248 e. The van der Waals surface area contributed by atoms with Gasteiger partial charge in [-0.3, -0.25) is 9.69 Å². The van der Waals surface area contributed by atoms with Crippen molar-refractivity contribution >= 4 is 5.91 Å². The maximum absolute atomic E-state index is 12.0. The fourth-order valence-corrected chi connectivity index (χ4v) is 3.30. The molecule has 1 amide bonds. The molecule has 102 valence electrons. The fraction of sp³-hybridized carbons (Fsp3) is 0.929. The van der Waals surface area contributed by atoms with Crippen molar-refractivity contribution in [1.29, 1.82) is 0 Å². The van der Waals surface area contributed by atoms with Crippen LogP contribution in [-0.2, 0) is 9.53 Å². The molecule has 1 atom stereocenters. The van der Waals surface area contributed by atoms with Gasteiger partial charge >= 0.3 is 0 Å². The average molecular weight is 252 g/mol. The number of hydrogen-bond donors (Lipinski definition) is 0. The second kappa shape index (κ2) is 4.82. The summed E-state index contributed by atoms with van der Waals surface area (Å²) in [6.07, 6.45) is 5.27. The zero-order valence-corrected chi connectivity index (χ0v) is 11.4. The number of ether oxygens (including phenoxy) is 1. The second-order valence-electron chi connectivity index (χ2n) is 6.07. The number of carbonyl (C=O) groups is 1. The number of hydrogen-bond acceptors (Lipinski definition) is 3. The molecular weight excluding hydrogens is 228 g/mol. The third-order valence-electron chi connectivity index (χ3n) is 4.81. The van der Waals surface area contributed by atoms with Crippen LogP contribution in [0.2, 0.25) is 0 Å². The van der Waals surface area contributed by atoms with Crippen molar-refractivity contribution in [1.82, 2.24) is 9.80 Å². The van der Waals surface area contributed by atoms with E-state index in [1.165, 1.54) is 32.4 Å². The maximum atomic E-state index is 12.0. The first kappa shape index (κ1) is 12.4. The van der Waals surface area contributed by atoms with Crippen LogP contribution >= 0.6 is 0 Å². The highest BCUT2D eigenvalue weighted by molar-refractivity contribution is 5.78. The van der Waals surface area contributed by atoms with Crippen LogP contribution in [0.15, 0.2) is 0 Å². The number of carbonyl (C=O) groups excluding carboxylic acids is 1. The van der Waals surface area contributed by atoms with Crippen LogP contribution in [0.5, 0.6) is 0 Å². The van der Waals surface area contributed by atoms with Crippen LogP contribution in [0.25, 0.3) is 0 Å². The summed E-state index contributed by atoms with van der Waals surface area (Å²) < 4.78 is 5.22. The SMILES string of the molecule is CCOCC(=O)N1CCC2(CCN2CC2CC2)C1. The molecule has 4 heteroatoms. The number of likely N-dealkylation sites (tertiary alicyclic amines) is 2. The van der Waals surface area contributed by atoms with Crippen LogP contribution in [0.3, 0.4) is 0 Å². The zero-order chi connectivity index (χ0) is 12.6. The van der Waals surface area contributed by atoms with E-state index in [4.69, 9.17) is 4.74 Å². The molecule has 0 bridgehead atoms. The highest BCUT2D eigenvalue weighted by atomic mass is 16.5. The van der Waals surface area contributed by atoms with Gasteiger partial charge in [-0.1, -0.05) is 0 Å². The van der Waals surface area contributed by atoms with Crippen LogP contribution in [-0.4, -0.2) is 60.6 Å². The molecule has 1 unspecified atom stereocenters. The van der Waals surface area contributed by atoms with Gasteiger partial charge < -0.3 is 9.64 Å². The summed E-state index contributed by atoms with van der Waals surface area (Å²) in [5.41, 5.74) is 0.338. The van der Waals surface area contributed by atoms with Crippen LogP contribution in [0.4, 0.5) is 0 Å². The molecular formula is C14H24N2O2. The van der Waals surface area contributed by atoms with Gasteiger partial charge in [-0.2, -0.15) is 0 Å². The lowest BCUT2D eigenvalue weighted by atomic mass is 9.83. The van der Waals surface area contributed by atoms with Gasteiger partial charge in [-0.05, 0) is 38.5 Å². The van der Waals surface area contributed by atoms with E-state index in [9.17, 15) is 4.79 Å². The second-order valence-corrected chi connectivity index (χ2v) is 6.07. The summed E-state index contributed by atoms with van der Waals surface area (Å²) >= 11 is 0. The Morgan fingerprint density at radius 2 is 2.11 bits per heavy atom. The van der Waals surface area contributed by atoms with Gasteiger partial charge in [0, 0.05) is 38.3 Å². The third-order valence-corrected chi connectivity index (χ3v) is 4.81. The van der Waals surface area contributed by atoms with E-state index in [0.717, 1.165) is 25.4 Å². The predicted molar refractivity (Wildman–Crippen MR) is 69.3 cm³/mol. The van der Waals surface area contributed by atoms with E-state index in [1.807, 2.05) is 11.8 Å². The Labute approximate surface area is 109 Å². The predicted octanol–water partition coefficient (Wildman–Crippen LogP) is 1.11. The highest BCUT2D eigenvalue weighted by Crippen LogP contribution is 2.42. The van der Waals surface area contributed by atoms with Gasteiger partial charge in [0.15, 0.2) is 0 Å². The van der Waals surface area contributed by atoms with Crippen LogP contribution in [0.1, 0.15) is 32.6 Å². The first-order valence-electron chi connectivity index (χ1n) is 7.34. The summed E-state index contributed by atoms with van der Waals surface area (Å²) in [6, 6.07) is 0. The minimum absolute atomic E-state index is 0.173. The van der Waals surface area contributed by atoms with Crippen molar-refractivity contribution in [2.45, 2.75) is 38.1 Å². The molecule has 1 aliphatic carbocycles. The molecule has 2 aliphatic heterocycles. The summed E-state index contributed by atoms with van der Waals surface area (Å²) in [7, 11) is 0. The zero-order valence-electron chi connectivity index (χ0n) is 11.4. The minimum atomic E-state index is 0.173. The van der Waals surface area contributed by atoms with E-state index in [-0.39, 0.29) is 12.5 Å². The van der Waals surface area contributed by atoms with Gasteiger partial charge in [0.2, 0.25) is 5.91 Å². The lowest BCUT2D eigenvalue weighted by molar-refractivity contribution is -0.136. The standard InChI is InChI=1S/C14H24N2O2/c1-2-18-10-13(17)15-7-5-14(11-15)6-8-16(14)9-12-3-4-12/h12H,2-11H2,1H3. The molecule has 0 aromatic heterocycles. The monoisotopic (exact) mass is 252 g/mol. The summed E-state index contributed by atoms with van der Waals surface area (Å²) in [5, 5.41) is 0. The van der Waals surface area contributed by atoms with Crippen molar-refractivity contribution in [3.63, 3.8) is 0 Å². The first-order valence-corrected chi connectivity index (χ1v) is 7.34. The molecule has 0 N–H and O–H groups in total. The molecule has 3 fully saturated rings. The number of nitrogens with zero attached hydrogens (tertiary/aromatic N) is 2. The van der Waals surface area contributed by atoms with Crippen molar-refractivity contribution < 1.29 is 9.53 Å². The highest BCUT2D eigenvalue weighted by Gasteiger charge is 2.50. The Balaban J connectivity index is 1.52. The van der Waals surface area contributed by atoms with E-state index in [2.05, 4.69) is 4.90 Å². The van der Waals surface area contributed by atoms with Gasteiger partial charge in [-0.15, -0.1) is 0 Å². The Hall–Kier alpha value is -0.610. The van der Waals surface area contributed by atoms with Crippen molar-refractivity contribution in [2.75, 3.05) is 39.4 Å². The lowest BCUT2D eigenvalue weighted by Gasteiger charge is -2.51. The third kappa shape index (κ3) is 2.28.